The molecule has 4 amide bonds. The molecule has 1 aliphatic rings. The molecule has 2 heterocycles. The summed E-state index contributed by atoms with van der Waals surface area (Å²) in [5.74, 6) is 0.0858. The normalized spacial score (nSPS) is 14.2. The van der Waals surface area contributed by atoms with Crippen molar-refractivity contribution >= 4 is 35.3 Å². The third-order valence-corrected chi connectivity index (χ3v) is 4.67. The summed E-state index contributed by atoms with van der Waals surface area (Å²) in [5, 5.41) is 13.2. The van der Waals surface area contributed by atoms with Crippen molar-refractivity contribution in [1.29, 1.82) is 0 Å². The van der Waals surface area contributed by atoms with Crippen LogP contribution in [-0.4, -0.2) is 51.8 Å². The number of carbonyl (C=O) groups excluding carboxylic acids is 3. The van der Waals surface area contributed by atoms with Gasteiger partial charge >= 0.3 is 6.03 Å². The summed E-state index contributed by atoms with van der Waals surface area (Å²) >= 11 is 1.14. The monoisotopic (exact) mass is 389 g/mol. The Morgan fingerprint density at radius 1 is 1.30 bits per heavy atom. The minimum absolute atomic E-state index is 0.145. The standard InChI is InChI=1S/C17H19N5O4S/c1-11-2-4-12(5-3-11)18-14(24)10-27-17-21-20-15(26-17)7-9-22-8-6-13(23)19-16(22)25/h2-5H,6-10H2,1H3,(H,18,24)(H,19,23,25). The van der Waals surface area contributed by atoms with E-state index in [9.17, 15) is 14.4 Å². The van der Waals surface area contributed by atoms with Crippen molar-refractivity contribution in [3.63, 3.8) is 0 Å². The molecule has 0 spiro atoms. The summed E-state index contributed by atoms with van der Waals surface area (Å²) in [6.45, 7) is 2.73. The molecule has 0 unspecified atom stereocenters. The summed E-state index contributed by atoms with van der Waals surface area (Å²) in [6, 6.07) is 7.12. The van der Waals surface area contributed by atoms with Crippen LogP contribution in [0.3, 0.4) is 0 Å². The number of nitrogens with one attached hydrogen (secondary N) is 2. The Labute approximate surface area is 159 Å². The van der Waals surface area contributed by atoms with Gasteiger partial charge in [0, 0.05) is 31.6 Å². The van der Waals surface area contributed by atoms with E-state index in [0.717, 1.165) is 23.0 Å². The van der Waals surface area contributed by atoms with Crippen LogP contribution < -0.4 is 10.6 Å². The van der Waals surface area contributed by atoms with Crippen LogP contribution in [0, 0.1) is 6.92 Å². The van der Waals surface area contributed by atoms with E-state index >= 15 is 0 Å². The third kappa shape index (κ3) is 5.55. The number of hydrogen-bond acceptors (Lipinski definition) is 7. The first-order valence-electron chi connectivity index (χ1n) is 8.40. The van der Waals surface area contributed by atoms with Gasteiger partial charge in [-0.1, -0.05) is 29.5 Å². The Morgan fingerprint density at radius 3 is 2.81 bits per heavy atom. The highest BCUT2D eigenvalue weighted by molar-refractivity contribution is 7.99. The zero-order chi connectivity index (χ0) is 19.2. The fraction of sp³-hybridized carbons (Fsp3) is 0.353. The molecule has 9 nitrogen and oxygen atoms in total. The lowest BCUT2D eigenvalue weighted by Gasteiger charge is -2.25. The quantitative estimate of drug-likeness (QED) is 0.691. The SMILES string of the molecule is Cc1ccc(NC(=O)CSc2nnc(CCN3CCC(=O)NC3=O)o2)cc1. The maximum absolute atomic E-state index is 12.0. The molecule has 2 N–H and O–H groups in total. The topological polar surface area (TPSA) is 117 Å². The Balaban J connectivity index is 1.42. The highest BCUT2D eigenvalue weighted by Gasteiger charge is 2.23. The molecular weight excluding hydrogens is 370 g/mol. The molecule has 1 aliphatic heterocycles. The van der Waals surface area contributed by atoms with Crippen LogP contribution in [0.25, 0.3) is 0 Å². The van der Waals surface area contributed by atoms with Crippen LogP contribution in [0.2, 0.25) is 0 Å². The Hall–Kier alpha value is -2.88. The number of hydrogen-bond donors (Lipinski definition) is 2. The number of aromatic nitrogens is 2. The zero-order valence-electron chi connectivity index (χ0n) is 14.7. The second-order valence-electron chi connectivity index (χ2n) is 6.00. The number of amides is 4. The van der Waals surface area contributed by atoms with Gasteiger partial charge in [-0.25, -0.2) is 4.79 Å². The number of rotatable bonds is 7. The zero-order valence-corrected chi connectivity index (χ0v) is 15.5. The van der Waals surface area contributed by atoms with E-state index in [1.165, 1.54) is 4.90 Å². The van der Waals surface area contributed by atoms with E-state index in [2.05, 4.69) is 20.8 Å². The summed E-state index contributed by atoms with van der Waals surface area (Å²) in [7, 11) is 0. The predicted molar refractivity (Wildman–Crippen MR) is 98.3 cm³/mol. The molecule has 1 fully saturated rings. The highest BCUT2D eigenvalue weighted by atomic mass is 32.2. The molecule has 0 atom stereocenters. The first-order chi connectivity index (χ1) is 13.0. The minimum atomic E-state index is -0.409. The Kier molecular flexibility index (Phi) is 6.07. The number of aryl methyl sites for hydroxylation is 1. The summed E-state index contributed by atoms with van der Waals surface area (Å²) in [5.41, 5.74) is 1.85. The highest BCUT2D eigenvalue weighted by Crippen LogP contribution is 2.17. The van der Waals surface area contributed by atoms with E-state index < -0.39 is 6.03 Å². The van der Waals surface area contributed by atoms with Crippen LogP contribution in [0.4, 0.5) is 10.5 Å². The molecular formula is C17H19N5O4S. The van der Waals surface area contributed by atoms with Crippen molar-refractivity contribution in [3.05, 3.63) is 35.7 Å². The molecule has 1 aromatic heterocycles. The molecule has 0 bridgehead atoms. The molecule has 1 saturated heterocycles. The van der Waals surface area contributed by atoms with Crippen molar-refractivity contribution in [2.75, 3.05) is 24.2 Å². The minimum Gasteiger partial charge on any atom is -0.416 e. The number of anilines is 1. The number of urea groups is 1. The van der Waals surface area contributed by atoms with Crippen molar-refractivity contribution in [3.8, 4) is 0 Å². The lowest BCUT2D eigenvalue weighted by atomic mass is 10.2. The average Bonchev–Trinajstić information content (AvgIpc) is 3.09. The maximum atomic E-state index is 12.0. The fourth-order valence-electron chi connectivity index (χ4n) is 2.40. The van der Waals surface area contributed by atoms with Crippen molar-refractivity contribution < 1.29 is 18.8 Å². The van der Waals surface area contributed by atoms with Gasteiger partial charge in [-0.3, -0.25) is 14.9 Å². The lowest BCUT2D eigenvalue weighted by Crippen LogP contribution is -2.49. The van der Waals surface area contributed by atoms with Gasteiger partial charge in [0.05, 0.1) is 5.75 Å². The molecule has 10 heteroatoms. The molecule has 0 aliphatic carbocycles. The molecule has 27 heavy (non-hydrogen) atoms. The summed E-state index contributed by atoms with van der Waals surface area (Å²) < 4.78 is 5.48. The first-order valence-corrected chi connectivity index (χ1v) is 9.38. The van der Waals surface area contributed by atoms with Crippen LogP contribution in [0.15, 0.2) is 33.9 Å². The summed E-state index contributed by atoms with van der Waals surface area (Å²) in [4.78, 5) is 36.3. The van der Waals surface area contributed by atoms with Crippen LogP contribution in [-0.2, 0) is 16.0 Å². The van der Waals surface area contributed by atoms with Gasteiger partial charge in [0.25, 0.3) is 5.22 Å². The van der Waals surface area contributed by atoms with E-state index in [0.29, 0.717) is 30.6 Å². The lowest BCUT2D eigenvalue weighted by molar-refractivity contribution is -0.121. The molecule has 0 saturated carbocycles. The number of benzene rings is 1. The second-order valence-corrected chi connectivity index (χ2v) is 6.93. The van der Waals surface area contributed by atoms with Crippen molar-refractivity contribution in [2.24, 2.45) is 0 Å². The average molecular weight is 389 g/mol. The maximum Gasteiger partial charge on any atom is 0.324 e. The number of carbonyl (C=O) groups is 3. The van der Waals surface area contributed by atoms with E-state index in [1.807, 2.05) is 31.2 Å². The Morgan fingerprint density at radius 2 is 2.07 bits per heavy atom. The van der Waals surface area contributed by atoms with Gasteiger partial charge < -0.3 is 14.6 Å². The van der Waals surface area contributed by atoms with Gasteiger partial charge in [-0.05, 0) is 19.1 Å². The Bertz CT molecular complexity index is 836. The van der Waals surface area contributed by atoms with Crippen molar-refractivity contribution in [1.82, 2.24) is 20.4 Å². The van der Waals surface area contributed by atoms with E-state index in [-0.39, 0.29) is 24.0 Å². The van der Waals surface area contributed by atoms with Crippen LogP contribution >= 0.6 is 11.8 Å². The number of imide groups is 1. The smallest absolute Gasteiger partial charge is 0.324 e. The molecule has 2 aromatic rings. The number of nitrogens with zero attached hydrogens (tertiary/aromatic N) is 3. The van der Waals surface area contributed by atoms with Gasteiger partial charge in [-0.15, -0.1) is 10.2 Å². The molecule has 3 rings (SSSR count). The predicted octanol–water partition coefficient (Wildman–Crippen LogP) is 1.59. The van der Waals surface area contributed by atoms with Crippen molar-refractivity contribution in [2.45, 2.75) is 25.0 Å². The molecule has 1 aromatic carbocycles. The first kappa shape index (κ1) is 18.9. The molecule has 142 valence electrons. The van der Waals surface area contributed by atoms with Crippen LogP contribution in [0.1, 0.15) is 17.9 Å². The van der Waals surface area contributed by atoms with Gasteiger partial charge in [0.15, 0.2) is 0 Å². The second kappa shape index (κ2) is 8.67. The van der Waals surface area contributed by atoms with E-state index in [4.69, 9.17) is 4.42 Å². The number of thioether (sulfide) groups is 1. The summed E-state index contributed by atoms with van der Waals surface area (Å²) in [6.07, 6.45) is 0.664. The largest absolute Gasteiger partial charge is 0.416 e. The van der Waals surface area contributed by atoms with E-state index in [1.54, 1.807) is 0 Å². The third-order valence-electron chi connectivity index (χ3n) is 3.85. The fourth-order valence-corrected chi connectivity index (χ4v) is 2.98. The van der Waals surface area contributed by atoms with Crippen LogP contribution in [0.5, 0.6) is 0 Å². The van der Waals surface area contributed by atoms with Gasteiger partial charge in [0.2, 0.25) is 17.7 Å². The van der Waals surface area contributed by atoms with Gasteiger partial charge in [0.1, 0.15) is 0 Å². The molecule has 0 radical (unpaired) electrons. The van der Waals surface area contributed by atoms with Gasteiger partial charge in [-0.2, -0.15) is 0 Å².